The fraction of sp³-hybridized carbons (Fsp3) is 0.188. The minimum atomic E-state index is -3.59. The molecule has 7 heteroatoms. The Hall–Kier alpha value is -1.70. The summed E-state index contributed by atoms with van der Waals surface area (Å²) in [6, 6.07) is 13.5. The molecule has 23 heavy (non-hydrogen) atoms. The van der Waals surface area contributed by atoms with Crippen LogP contribution in [0.15, 0.2) is 57.9 Å². The molecule has 1 fully saturated rings. The van der Waals surface area contributed by atoms with E-state index in [0.717, 1.165) is 12.8 Å². The molecule has 0 radical (unpaired) electrons. The maximum Gasteiger partial charge on any atom is 0.256 e. The quantitative estimate of drug-likeness (QED) is 0.817. The number of nitrogens with one attached hydrogen (secondary N) is 2. The first-order chi connectivity index (χ1) is 11.0. The Kier molecular flexibility index (Phi) is 4.52. The third-order valence-electron chi connectivity index (χ3n) is 3.42. The van der Waals surface area contributed by atoms with Gasteiger partial charge in [0.1, 0.15) is 0 Å². The molecule has 0 spiro atoms. The lowest BCUT2D eigenvalue weighted by Gasteiger charge is -2.10. The smallest absolute Gasteiger partial charge is 0.256 e. The number of hydrogen-bond donors (Lipinski definition) is 2. The normalized spacial score (nSPS) is 14.5. The van der Waals surface area contributed by atoms with E-state index < -0.39 is 10.0 Å². The summed E-state index contributed by atoms with van der Waals surface area (Å²) in [5.74, 6) is -0.369. The second kappa shape index (κ2) is 6.43. The lowest BCUT2D eigenvalue weighted by molar-refractivity contribution is 0.102. The van der Waals surface area contributed by atoms with Crippen LogP contribution in [0.25, 0.3) is 0 Å². The largest absolute Gasteiger partial charge is 0.322 e. The average molecular weight is 395 g/mol. The highest BCUT2D eigenvalue weighted by Crippen LogP contribution is 2.25. The molecular weight excluding hydrogens is 380 g/mol. The van der Waals surface area contributed by atoms with Gasteiger partial charge in [-0.2, -0.15) is 0 Å². The van der Waals surface area contributed by atoms with Crippen molar-refractivity contribution in [2.45, 2.75) is 23.8 Å². The monoisotopic (exact) mass is 394 g/mol. The molecule has 0 aromatic heterocycles. The van der Waals surface area contributed by atoms with E-state index in [1.54, 1.807) is 18.2 Å². The molecule has 0 heterocycles. The lowest BCUT2D eigenvalue weighted by atomic mass is 10.2. The Morgan fingerprint density at radius 3 is 2.43 bits per heavy atom. The third kappa shape index (κ3) is 3.99. The number of sulfonamides is 1. The SMILES string of the molecule is O=C(Nc1ccccc1)c1cc(S(=O)(=O)NC2CC2)ccc1Br. The fourth-order valence-corrected chi connectivity index (χ4v) is 3.81. The first kappa shape index (κ1) is 16.2. The highest BCUT2D eigenvalue weighted by atomic mass is 79.9. The third-order valence-corrected chi connectivity index (χ3v) is 5.63. The molecule has 1 aliphatic rings. The summed E-state index contributed by atoms with van der Waals surface area (Å²) in [5, 5.41) is 2.75. The van der Waals surface area contributed by atoms with Gasteiger partial charge in [0.2, 0.25) is 10.0 Å². The van der Waals surface area contributed by atoms with Crippen LogP contribution in [-0.4, -0.2) is 20.4 Å². The topological polar surface area (TPSA) is 75.3 Å². The molecule has 1 saturated carbocycles. The van der Waals surface area contributed by atoms with Gasteiger partial charge in [-0.15, -0.1) is 0 Å². The second-order valence-electron chi connectivity index (χ2n) is 5.36. The molecule has 0 unspecified atom stereocenters. The molecule has 0 saturated heterocycles. The van der Waals surface area contributed by atoms with E-state index in [1.165, 1.54) is 12.1 Å². The summed E-state index contributed by atoms with van der Waals surface area (Å²) in [6.07, 6.45) is 1.72. The molecule has 2 N–H and O–H groups in total. The van der Waals surface area contributed by atoms with Crippen LogP contribution in [0.1, 0.15) is 23.2 Å². The Labute approximate surface area is 143 Å². The van der Waals surface area contributed by atoms with Gasteiger partial charge in [0.25, 0.3) is 5.91 Å². The molecule has 5 nitrogen and oxygen atoms in total. The van der Waals surface area contributed by atoms with Crippen LogP contribution in [0.4, 0.5) is 5.69 Å². The van der Waals surface area contributed by atoms with Crippen LogP contribution in [0.2, 0.25) is 0 Å². The fourth-order valence-electron chi connectivity index (χ4n) is 2.05. The first-order valence-corrected chi connectivity index (χ1v) is 9.41. The van der Waals surface area contributed by atoms with Gasteiger partial charge in [-0.3, -0.25) is 4.79 Å². The summed E-state index contributed by atoms with van der Waals surface area (Å²) in [5.41, 5.74) is 0.918. The molecule has 120 valence electrons. The van der Waals surface area contributed by atoms with Gasteiger partial charge < -0.3 is 5.32 Å². The van der Waals surface area contributed by atoms with Crippen molar-refractivity contribution in [3.63, 3.8) is 0 Å². The predicted molar refractivity (Wildman–Crippen MR) is 91.9 cm³/mol. The minimum absolute atomic E-state index is 0.0187. The number of rotatable bonds is 5. The van der Waals surface area contributed by atoms with E-state index in [4.69, 9.17) is 0 Å². The van der Waals surface area contributed by atoms with Crippen molar-refractivity contribution in [3.8, 4) is 0 Å². The minimum Gasteiger partial charge on any atom is -0.322 e. The van der Waals surface area contributed by atoms with Gasteiger partial charge in [0, 0.05) is 16.2 Å². The zero-order valence-corrected chi connectivity index (χ0v) is 14.5. The van der Waals surface area contributed by atoms with Crippen LogP contribution < -0.4 is 10.0 Å². The Morgan fingerprint density at radius 1 is 1.09 bits per heavy atom. The highest BCUT2D eigenvalue weighted by Gasteiger charge is 2.28. The number of anilines is 1. The van der Waals surface area contributed by atoms with E-state index in [1.807, 2.05) is 18.2 Å². The van der Waals surface area contributed by atoms with Crippen LogP contribution in [0.3, 0.4) is 0 Å². The molecule has 2 aromatic rings. The molecule has 1 amide bonds. The van der Waals surface area contributed by atoms with E-state index in [-0.39, 0.29) is 22.4 Å². The second-order valence-corrected chi connectivity index (χ2v) is 7.93. The van der Waals surface area contributed by atoms with Gasteiger partial charge in [0.05, 0.1) is 10.5 Å². The maximum absolute atomic E-state index is 12.4. The van der Waals surface area contributed by atoms with E-state index in [2.05, 4.69) is 26.0 Å². The maximum atomic E-state index is 12.4. The first-order valence-electron chi connectivity index (χ1n) is 7.14. The molecule has 2 aromatic carbocycles. The zero-order chi connectivity index (χ0) is 16.4. The van der Waals surface area contributed by atoms with Crippen molar-refractivity contribution in [2.75, 3.05) is 5.32 Å². The number of benzene rings is 2. The van der Waals surface area contributed by atoms with Crippen molar-refractivity contribution in [3.05, 3.63) is 58.6 Å². The summed E-state index contributed by atoms with van der Waals surface area (Å²) < 4.78 is 27.7. The van der Waals surface area contributed by atoms with Crippen LogP contribution in [-0.2, 0) is 10.0 Å². The number of amides is 1. The van der Waals surface area contributed by atoms with Crippen molar-refractivity contribution in [1.82, 2.24) is 4.72 Å². The highest BCUT2D eigenvalue weighted by molar-refractivity contribution is 9.10. The van der Waals surface area contributed by atoms with E-state index in [0.29, 0.717) is 10.2 Å². The molecule has 0 aliphatic heterocycles. The van der Waals surface area contributed by atoms with Crippen molar-refractivity contribution < 1.29 is 13.2 Å². The van der Waals surface area contributed by atoms with E-state index >= 15 is 0 Å². The van der Waals surface area contributed by atoms with Gasteiger partial charge in [-0.25, -0.2) is 13.1 Å². The predicted octanol–water partition coefficient (Wildman–Crippen LogP) is 3.14. The molecule has 3 rings (SSSR count). The lowest BCUT2D eigenvalue weighted by Crippen LogP contribution is -2.26. The summed E-state index contributed by atoms with van der Waals surface area (Å²) in [6.45, 7) is 0. The zero-order valence-electron chi connectivity index (χ0n) is 12.1. The Bertz CT molecular complexity index is 834. The summed E-state index contributed by atoms with van der Waals surface area (Å²) in [7, 11) is -3.59. The van der Waals surface area contributed by atoms with Crippen molar-refractivity contribution in [1.29, 1.82) is 0 Å². The van der Waals surface area contributed by atoms with Crippen molar-refractivity contribution >= 4 is 37.5 Å². The number of carbonyl (C=O) groups excluding carboxylic acids is 1. The number of halogens is 1. The van der Waals surface area contributed by atoms with Crippen LogP contribution in [0.5, 0.6) is 0 Å². The molecule has 0 atom stereocenters. The standard InChI is InChI=1S/C16H15BrN2O3S/c17-15-9-8-13(23(21,22)19-12-6-7-12)10-14(15)16(20)18-11-4-2-1-3-5-11/h1-5,8-10,12,19H,6-7H2,(H,18,20). The molecular formula is C16H15BrN2O3S. The van der Waals surface area contributed by atoms with Gasteiger partial charge in [-0.1, -0.05) is 18.2 Å². The number of hydrogen-bond acceptors (Lipinski definition) is 3. The van der Waals surface area contributed by atoms with Crippen molar-refractivity contribution in [2.24, 2.45) is 0 Å². The van der Waals surface area contributed by atoms with Crippen LogP contribution >= 0.6 is 15.9 Å². The Morgan fingerprint density at radius 2 is 1.78 bits per heavy atom. The molecule has 0 bridgehead atoms. The number of para-hydroxylation sites is 1. The summed E-state index contributed by atoms with van der Waals surface area (Å²) >= 11 is 3.30. The van der Waals surface area contributed by atoms with E-state index in [9.17, 15) is 13.2 Å². The van der Waals surface area contributed by atoms with Gasteiger partial charge in [0.15, 0.2) is 0 Å². The summed E-state index contributed by atoms with van der Waals surface area (Å²) in [4.78, 5) is 12.5. The van der Waals surface area contributed by atoms with Gasteiger partial charge in [-0.05, 0) is 59.1 Å². The van der Waals surface area contributed by atoms with Gasteiger partial charge >= 0.3 is 0 Å². The number of carbonyl (C=O) groups is 1. The van der Waals surface area contributed by atoms with Crippen LogP contribution in [0, 0.1) is 0 Å². The molecule has 1 aliphatic carbocycles. The average Bonchev–Trinajstić information content (AvgIpc) is 3.31. The Balaban J connectivity index is 1.86.